The second-order valence-electron chi connectivity index (χ2n) is 5.34. The summed E-state index contributed by atoms with van der Waals surface area (Å²) in [5, 5.41) is 3.53. The quantitative estimate of drug-likeness (QED) is 0.703. The molecule has 0 aromatic rings. The third-order valence-corrected chi connectivity index (χ3v) is 3.25. The van der Waals surface area contributed by atoms with Gasteiger partial charge in [0.15, 0.2) is 0 Å². The summed E-state index contributed by atoms with van der Waals surface area (Å²) in [6.07, 6.45) is 2.43. The fraction of sp³-hybridized carbons (Fsp3) is 1.00. The van der Waals surface area contributed by atoms with E-state index in [-0.39, 0.29) is 5.60 Å². The molecule has 1 N–H and O–H groups in total. The molecule has 0 radical (unpaired) electrons. The van der Waals surface area contributed by atoms with E-state index in [4.69, 9.17) is 4.74 Å². The molecular weight excluding hydrogens is 200 g/mol. The van der Waals surface area contributed by atoms with E-state index in [0.29, 0.717) is 6.04 Å². The molecule has 1 aliphatic heterocycles. The van der Waals surface area contributed by atoms with Crippen molar-refractivity contribution in [1.29, 1.82) is 0 Å². The molecule has 1 atom stereocenters. The summed E-state index contributed by atoms with van der Waals surface area (Å²) in [5.41, 5.74) is 0.0242. The van der Waals surface area contributed by atoms with Crippen LogP contribution in [0.2, 0.25) is 0 Å². The minimum Gasteiger partial charge on any atom is -0.373 e. The maximum absolute atomic E-state index is 5.75. The first-order valence-electron chi connectivity index (χ1n) is 6.67. The summed E-state index contributed by atoms with van der Waals surface area (Å²) in [6.45, 7) is 14.1. The first kappa shape index (κ1) is 13.9. The number of morpholine rings is 1. The van der Waals surface area contributed by atoms with Crippen LogP contribution in [0.25, 0.3) is 0 Å². The van der Waals surface area contributed by atoms with Crippen molar-refractivity contribution in [2.75, 3.05) is 32.8 Å². The first-order valence-corrected chi connectivity index (χ1v) is 6.67. The van der Waals surface area contributed by atoms with E-state index < -0.39 is 0 Å². The molecule has 1 saturated heterocycles. The highest BCUT2D eigenvalue weighted by atomic mass is 16.5. The molecule has 3 nitrogen and oxygen atoms in total. The monoisotopic (exact) mass is 228 g/mol. The summed E-state index contributed by atoms with van der Waals surface area (Å²) in [4.78, 5) is 2.58. The van der Waals surface area contributed by atoms with E-state index in [0.717, 1.165) is 32.8 Å². The summed E-state index contributed by atoms with van der Waals surface area (Å²) in [5.74, 6) is 0. The SMILES string of the molecule is CCCNCC(CC)N1CCOC(C)(C)C1. The van der Waals surface area contributed by atoms with Crippen molar-refractivity contribution in [3.05, 3.63) is 0 Å². The van der Waals surface area contributed by atoms with Crippen LogP contribution in [0.15, 0.2) is 0 Å². The van der Waals surface area contributed by atoms with Crippen LogP contribution >= 0.6 is 0 Å². The molecule has 0 saturated carbocycles. The molecule has 1 aliphatic rings. The molecule has 0 amide bonds. The van der Waals surface area contributed by atoms with Crippen LogP contribution in [0.5, 0.6) is 0 Å². The minimum atomic E-state index is 0.0242. The molecule has 1 rings (SSSR count). The van der Waals surface area contributed by atoms with E-state index in [1.54, 1.807) is 0 Å². The van der Waals surface area contributed by atoms with Crippen LogP contribution in [-0.2, 0) is 4.74 Å². The van der Waals surface area contributed by atoms with E-state index in [2.05, 4.69) is 37.9 Å². The normalized spacial score (nSPS) is 23.2. The fourth-order valence-electron chi connectivity index (χ4n) is 2.34. The zero-order valence-corrected chi connectivity index (χ0v) is 11.4. The summed E-state index contributed by atoms with van der Waals surface area (Å²) >= 11 is 0. The van der Waals surface area contributed by atoms with Crippen molar-refractivity contribution in [3.63, 3.8) is 0 Å². The fourth-order valence-corrected chi connectivity index (χ4v) is 2.34. The van der Waals surface area contributed by atoms with Crippen molar-refractivity contribution < 1.29 is 4.74 Å². The maximum Gasteiger partial charge on any atom is 0.0753 e. The molecule has 1 fully saturated rings. The average Bonchev–Trinajstić information content (AvgIpc) is 2.23. The Bertz CT molecular complexity index is 194. The Balaban J connectivity index is 2.39. The van der Waals surface area contributed by atoms with Crippen molar-refractivity contribution in [2.45, 2.75) is 52.2 Å². The molecule has 3 heteroatoms. The van der Waals surface area contributed by atoms with Gasteiger partial charge in [0, 0.05) is 25.7 Å². The Hall–Kier alpha value is -0.120. The van der Waals surface area contributed by atoms with E-state index in [9.17, 15) is 0 Å². The molecule has 16 heavy (non-hydrogen) atoms. The lowest BCUT2D eigenvalue weighted by atomic mass is 10.0. The Morgan fingerprint density at radius 3 is 2.69 bits per heavy atom. The predicted molar refractivity (Wildman–Crippen MR) is 68.8 cm³/mol. The number of rotatable bonds is 6. The van der Waals surface area contributed by atoms with Crippen molar-refractivity contribution in [3.8, 4) is 0 Å². The van der Waals surface area contributed by atoms with Crippen LogP contribution < -0.4 is 5.32 Å². The van der Waals surface area contributed by atoms with E-state index in [1.807, 2.05) is 0 Å². The van der Waals surface area contributed by atoms with Gasteiger partial charge in [0.1, 0.15) is 0 Å². The second-order valence-corrected chi connectivity index (χ2v) is 5.34. The number of nitrogens with one attached hydrogen (secondary N) is 1. The molecule has 0 bridgehead atoms. The predicted octanol–water partition coefficient (Wildman–Crippen LogP) is 1.88. The Kier molecular flexibility index (Phi) is 5.73. The van der Waals surface area contributed by atoms with E-state index in [1.165, 1.54) is 12.8 Å². The van der Waals surface area contributed by atoms with Gasteiger partial charge in [0.25, 0.3) is 0 Å². The Labute approximate surface area is 101 Å². The van der Waals surface area contributed by atoms with Crippen molar-refractivity contribution in [1.82, 2.24) is 10.2 Å². The van der Waals surface area contributed by atoms with Gasteiger partial charge in [-0.15, -0.1) is 0 Å². The number of ether oxygens (including phenoxy) is 1. The molecule has 1 heterocycles. The minimum absolute atomic E-state index is 0.0242. The van der Waals surface area contributed by atoms with E-state index >= 15 is 0 Å². The topological polar surface area (TPSA) is 24.5 Å². The molecule has 0 aromatic carbocycles. The summed E-state index contributed by atoms with van der Waals surface area (Å²) in [7, 11) is 0. The third-order valence-electron chi connectivity index (χ3n) is 3.25. The highest BCUT2D eigenvalue weighted by Crippen LogP contribution is 2.19. The van der Waals surface area contributed by atoms with Gasteiger partial charge in [-0.2, -0.15) is 0 Å². The van der Waals surface area contributed by atoms with Gasteiger partial charge in [-0.05, 0) is 33.2 Å². The zero-order chi connectivity index (χ0) is 12.0. The van der Waals surface area contributed by atoms with Crippen LogP contribution in [-0.4, -0.2) is 49.3 Å². The molecule has 0 aromatic heterocycles. The molecule has 0 spiro atoms. The van der Waals surface area contributed by atoms with Crippen LogP contribution in [0, 0.1) is 0 Å². The lowest BCUT2D eigenvalue weighted by Crippen LogP contribution is -2.54. The van der Waals surface area contributed by atoms with Gasteiger partial charge in [-0.1, -0.05) is 13.8 Å². The molecule has 0 aliphatic carbocycles. The van der Waals surface area contributed by atoms with Gasteiger partial charge in [-0.3, -0.25) is 4.90 Å². The second kappa shape index (κ2) is 6.58. The highest BCUT2D eigenvalue weighted by Gasteiger charge is 2.30. The van der Waals surface area contributed by atoms with Crippen LogP contribution in [0.4, 0.5) is 0 Å². The van der Waals surface area contributed by atoms with Crippen molar-refractivity contribution in [2.24, 2.45) is 0 Å². The van der Waals surface area contributed by atoms with Gasteiger partial charge in [0.2, 0.25) is 0 Å². The largest absolute Gasteiger partial charge is 0.373 e. The van der Waals surface area contributed by atoms with Crippen molar-refractivity contribution >= 4 is 0 Å². The lowest BCUT2D eigenvalue weighted by molar-refractivity contribution is -0.0970. The smallest absolute Gasteiger partial charge is 0.0753 e. The first-order chi connectivity index (χ1) is 7.59. The van der Waals surface area contributed by atoms with Gasteiger partial charge >= 0.3 is 0 Å². The van der Waals surface area contributed by atoms with Crippen LogP contribution in [0.3, 0.4) is 0 Å². The van der Waals surface area contributed by atoms with Gasteiger partial charge < -0.3 is 10.1 Å². The number of nitrogens with zero attached hydrogens (tertiary/aromatic N) is 1. The van der Waals surface area contributed by atoms with Gasteiger partial charge in [0.05, 0.1) is 12.2 Å². The number of hydrogen-bond donors (Lipinski definition) is 1. The molecular formula is C13H28N2O. The average molecular weight is 228 g/mol. The molecule has 1 unspecified atom stereocenters. The molecule has 96 valence electrons. The van der Waals surface area contributed by atoms with Gasteiger partial charge in [-0.25, -0.2) is 0 Å². The third kappa shape index (κ3) is 4.40. The Morgan fingerprint density at radius 1 is 1.38 bits per heavy atom. The lowest BCUT2D eigenvalue weighted by Gasteiger charge is -2.42. The highest BCUT2D eigenvalue weighted by molar-refractivity contribution is 4.84. The van der Waals surface area contributed by atoms with Crippen LogP contribution in [0.1, 0.15) is 40.5 Å². The zero-order valence-electron chi connectivity index (χ0n) is 11.4. The maximum atomic E-state index is 5.75. The Morgan fingerprint density at radius 2 is 2.12 bits per heavy atom. The summed E-state index contributed by atoms with van der Waals surface area (Å²) in [6, 6.07) is 0.662. The standard InChI is InChI=1S/C13H28N2O/c1-5-7-14-10-12(6-2)15-8-9-16-13(3,4)11-15/h12,14H,5-11H2,1-4H3. The summed E-state index contributed by atoms with van der Waals surface area (Å²) < 4.78 is 5.75. The number of hydrogen-bond acceptors (Lipinski definition) is 3.